The first-order valence-corrected chi connectivity index (χ1v) is 7.12. The molecule has 1 aromatic carbocycles. The highest BCUT2D eigenvalue weighted by molar-refractivity contribution is 5.95. The van der Waals surface area contributed by atoms with Crippen LogP contribution in [0.4, 0.5) is 0 Å². The summed E-state index contributed by atoms with van der Waals surface area (Å²) in [5.74, 6) is 0.152. The maximum atomic E-state index is 7.50. The lowest BCUT2D eigenvalue weighted by Gasteiger charge is -2.23. The number of rotatable bonds is 3. The van der Waals surface area contributed by atoms with Crippen LogP contribution in [0, 0.1) is 10.8 Å². The summed E-state index contributed by atoms with van der Waals surface area (Å²) in [5.41, 5.74) is 8.11. The minimum atomic E-state index is 0.152. The third-order valence-corrected chi connectivity index (χ3v) is 4.08. The molecule has 0 bridgehead atoms. The third kappa shape index (κ3) is 4.06. The van der Waals surface area contributed by atoms with E-state index >= 15 is 0 Å². The number of likely N-dealkylation sites (tertiary alicyclic amines) is 1. The minimum Gasteiger partial charge on any atom is -0.384 e. The van der Waals surface area contributed by atoms with Gasteiger partial charge < -0.3 is 5.73 Å². The Labute approximate surface area is 116 Å². The average molecular weight is 259 g/mol. The Hall–Kier alpha value is -1.35. The molecule has 0 atom stereocenters. The lowest BCUT2D eigenvalue weighted by Crippen LogP contribution is -2.25. The van der Waals surface area contributed by atoms with Crippen molar-refractivity contribution < 1.29 is 0 Å². The lowest BCUT2D eigenvalue weighted by atomic mass is 9.85. The van der Waals surface area contributed by atoms with E-state index in [2.05, 4.69) is 24.8 Å². The Morgan fingerprint density at radius 2 is 2.11 bits per heavy atom. The van der Waals surface area contributed by atoms with E-state index in [-0.39, 0.29) is 5.84 Å². The molecule has 0 unspecified atom stereocenters. The van der Waals surface area contributed by atoms with E-state index in [9.17, 15) is 0 Å². The normalized spacial score (nSPS) is 19.9. The van der Waals surface area contributed by atoms with Gasteiger partial charge in [0.2, 0.25) is 0 Å². The van der Waals surface area contributed by atoms with Crippen LogP contribution < -0.4 is 5.73 Å². The van der Waals surface area contributed by atoms with Crippen molar-refractivity contribution in [1.29, 1.82) is 5.41 Å². The smallest absolute Gasteiger partial charge is 0.122 e. The van der Waals surface area contributed by atoms with Crippen molar-refractivity contribution in [1.82, 2.24) is 4.90 Å². The zero-order chi connectivity index (χ0) is 13.9. The molecule has 1 aliphatic heterocycles. The second-order valence-corrected chi connectivity index (χ2v) is 6.41. The summed E-state index contributed by atoms with van der Waals surface area (Å²) in [6.07, 6.45) is 3.86. The Bertz CT molecular complexity index is 451. The predicted molar refractivity (Wildman–Crippen MR) is 80.4 cm³/mol. The van der Waals surface area contributed by atoms with Crippen molar-refractivity contribution in [3.8, 4) is 0 Å². The van der Waals surface area contributed by atoms with Crippen LogP contribution in [0.25, 0.3) is 0 Å². The molecule has 1 saturated heterocycles. The molecule has 0 aromatic heterocycles. The van der Waals surface area contributed by atoms with Crippen molar-refractivity contribution in [2.75, 3.05) is 13.1 Å². The molecule has 2 rings (SSSR count). The number of nitrogens with one attached hydrogen (secondary N) is 1. The van der Waals surface area contributed by atoms with Crippen LogP contribution in [0.2, 0.25) is 0 Å². The molecule has 104 valence electrons. The van der Waals surface area contributed by atoms with Gasteiger partial charge in [0.05, 0.1) is 0 Å². The highest BCUT2D eigenvalue weighted by atomic mass is 15.1. The van der Waals surface area contributed by atoms with Gasteiger partial charge in [-0.15, -0.1) is 0 Å². The number of hydrogen-bond donors (Lipinski definition) is 2. The van der Waals surface area contributed by atoms with Crippen LogP contribution in [0.1, 0.15) is 44.2 Å². The fraction of sp³-hybridized carbons (Fsp3) is 0.562. The minimum absolute atomic E-state index is 0.152. The molecule has 19 heavy (non-hydrogen) atoms. The highest BCUT2D eigenvalue weighted by Crippen LogP contribution is 2.30. The van der Waals surface area contributed by atoms with Crippen LogP contribution in [0.5, 0.6) is 0 Å². The van der Waals surface area contributed by atoms with Gasteiger partial charge in [-0.3, -0.25) is 10.3 Å². The number of amidine groups is 1. The molecule has 1 aliphatic rings. The van der Waals surface area contributed by atoms with Crippen molar-refractivity contribution in [2.45, 2.75) is 39.7 Å². The summed E-state index contributed by atoms with van der Waals surface area (Å²) in [5, 5.41) is 7.50. The topological polar surface area (TPSA) is 53.1 Å². The van der Waals surface area contributed by atoms with Crippen LogP contribution in [-0.2, 0) is 6.54 Å². The van der Waals surface area contributed by atoms with Gasteiger partial charge in [-0.05, 0) is 49.4 Å². The molecule has 1 aromatic rings. The van der Waals surface area contributed by atoms with Gasteiger partial charge >= 0.3 is 0 Å². The molecule has 3 nitrogen and oxygen atoms in total. The van der Waals surface area contributed by atoms with E-state index in [1.807, 2.05) is 18.2 Å². The maximum absolute atomic E-state index is 7.50. The number of nitrogens with two attached hydrogens (primary N) is 1. The summed E-state index contributed by atoms with van der Waals surface area (Å²) in [4.78, 5) is 2.52. The molecular formula is C16H25N3. The Kier molecular flexibility index (Phi) is 4.25. The van der Waals surface area contributed by atoms with Crippen LogP contribution in [0.3, 0.4) is 0 Å². The average Bonchev–Trinajstić information content (AvgIpc) is 2.51. The standard InChI is InChI=1S/C16H25N3/c1-16(2)7-4-9-19(10-8-16)12-13-5-3-6-14(11-13)15(17)18/h3,5-6,11H,4,7-10,12H2,1-2H3,(H3,17,18). The van der Waals surface area contributed by atoms with E-state index in [1.54, 1.807) is 0 Å². The molecule has 0 amide bonds. The first kappa shape index (κ1) is 14.1. The SMILES string of the molecule is CC1(C)CCCN(Cc2cccc(C(=N)N)c2)CC1. The van der Waals surface area contributed by atoms with Gasteiger partial charge in [0.1, 0.15) is 5.84 Å². The largest absolute Gasteiger partial charge is 0.384 e. The van der Waals surface area contributed by atoms with Crippen LogP contribution >= 0.6 is 0 Å². The lowest BCUT2D eigenvalue weighted by molar-refractivity contribution is 0.256. The Morgan fingerprint density at radius 1 is 1.32 bits per heavy atom. The number of benzene rings is 1. The molecule has 3 heteroatoms. The van der Waals surface area contributed by atoms with E-state index in [0.29, 0.717) is 5.41 Å². The number of nitrogens with zero attached hydrogens (tertiary/aromatic N) is 1. The zero-order valence-electron chi connectivity index (χ0n) is 12.1. The Balaban J connectivity index is 2.01. The monoisotopic (exact) mass is 259 g/mol. The second kappa shape index (κ2) is 5.74. The molecule has 3 N–H and O–H groups in total. The van der Waals surface area contributed by atoms with Crippen molar-refractivity contribution in [2.24, 2.45) is 11.1 Å². The van der Waals surface area contributed by atoms with Crippen LogP contribution in [-0.4, -0.2) is 23.8 Å². The molecule has 0 radical (unpaired) electrons. The van der Waals surface area contributed by atoms with Gasteiger partial charge in [0, 0.05) is 12.1 Å². The second-order valence-electron chi connectivity index (χ2n) is 6.41. The van der Waals surface area contributed by atoms with E-state index < -0.39 is 0 Å². The molecule has 1 heterocycles. The molecule has 0 spiro atoms. The van der Waals surface area contributed by atoms with Gasteiger partial charge in [-0.1, -0.05) is 32.0 Å². The van der Waals surface area contributed by atoms with Gasteiger partial charge in [0.15, 0.2) is 0 Å². The fourth-order valence-electron chi connectivity index (χ4n) is 2.73. The molecule has 1 fully saturated rings. The zero-order valence-corrected chi connectivity index (χ0v) is 12.1. The highest BCUT2D eigenvalue weighted by Gasteiger charge is 2.22. The summed E-state index contributed by atoms with van der Waals surface area (Å²) in [6.45, 7) is 8.04. The molecular weight excluding hydrogens is 234 g/mol. The quantitative estimate of drug-likeness (QED) is 0.647. The van der Waals surface area contributed by atoms with Crippen molar-refractivity contribution in [3.05, 3.63) is 35.4 Å². The maximum Gasteiger partial charge on any atom is 0.122 e. The molecule has 0 saturated carbocycles. The fourth-order valence-corrected chi connectivity index (χ4v) is 2.73. The summed E-state index contributed by atoms with van der Waals surface area (Å²) < 4.78 is 0. The van der Waals surface area contributed by atoms with E-state index in [1.165, 1.54) is 31.4 Å². The summed E-state index contributed by atoms with van der Waals surface area (Å²) >= 11 is 0. The number of hydrogen-bond acceptors (Lipinski definition) is 2. The first-order chi connectivity index (χ1) is 8.96. The molecule has 0 aliphatic carbocycles. The predicted octanol–water partition coefficient (Wildman–Crippen LogP) is 2.98. The summed E-state index contributed by atoms with van der Waals surface area (Å²) in [7, 11) is 0. The Morgan fingerprint density at radius 3 is 2.84 bits per heavy atom. The first-order valence-electron chi connectivity index (χ1n) is 7.12. The van der Waals surface area contributed by atoms with Crippen molar-refractivity contribution >= 4 is 5.84 Å². The number of nitrogen functional groups attached to an aromatic ring is 1. The third-order valence-electron chi connectivity index (χ3n) is 4.08. The van der Waals surface area contributed by atoms with E-state index in [0.717, 1.165) is 18.7 Å². The van der Waals surface area contributed by atoms with Crippen molar-refractivity contribution in [3.63, 3.8) is 0 Å². The van der Waals surface area contributed by atoms with Gasteiger partial charge in [0.25, 0.3) is 0 Å². The van der Waals surface area contributed by atoms with Crippen LogP contribution in [0.15, 0.2) is 24.3 Å². The van der Waals surface area contributed by atoms with E-state index in [4.69, 9.17) is 11.1 Å². The van der Waals surface area contributed by atoms with Gasteiger partial charge in [-0.2, -0.15) is 0 Å². The summed E-state index contributed by atoms with van der Waals surface area (Å²) in [6, 6.07) is 8.06. The van der Waals surface area contributed by atoms with Gasteiger partial charge in [-0.25, -0.2) is 0 Å².